The van der Waals surface area contributed by atoms with Crippen LogP contribution in [0.25, 0.3) is 0 Å². The van der Waals surface area contributed by atoms with Crippen molar-refractivity contribution in [1.29, 1.82) is 0 Å². The number of hydrogen-bond donors (Lipinski definition) is 1. The van der Waals surface area contributed by atoms with E-state index in [1.54, 1.807) is 19.1 Å². The first-order valence-corrected chi connectivity index (χ1v) is 7.28. The lowest BCUT2D eigenvalue weighted by Crippen LogP contribution is -2.12. The van der Waals surface area contributed by atoms with Crippen molar-refractivity contribution in [3.05, 3.63) is 29.8 Å². The Morgan fingerprint density at radius 3 is 2.31 bits per heavy atom. The lowest BCUT2D eigenvalue weighted by atomic mass is 10.0. The van der Waals surface area contributed by atoms with Gasteiger partial charge in [-0.3, -0.25) is 0 Å². The average molecular weight is 239 g/mol. The van der Waals surface area contributed by atoms with Gasteiger partial charge in [0.05, 0.1) is 10.6 Å². The minimum atomic E-state index is -3.09. The second-order valence-electron chi connectivity index (χ2n) is 4.34. The predicted octanol–water partition coefficient (Wildman–Crippen LogP) is 1.89. The van der Waals surface area contributed by atoms with E-state index in [1.807, 2.05) is 12.1 Å². The van der Waals surface area contributed by atoms with Crippen LogP contribution >= 0.6 is 0 Å². The summed E-state index contributed by atoms with van der Waals surface area (Å²) in [6, 6.07) is 7.07. The van der Waals surface area contributed by atoms with Crippen LogP contribution in [0.1, 0.15) is 31.4 Å². The summed E-state index contributed by atoms with van der Waals surface area (Å²) in [7, 11) is -3.09. The minimum Gasteiger partial charge on any atom is -0.324 e. The molecular formula is C12H17NO2S. The summed E-state index contributed by atoms with van der Waals surface area (Å²) in [5.74, 6) is 0.731. The molecule has 0 amide bonds. The molecule has 2 N–H and O–H groups in total. The summed E-state index contributed by atoms with van der Waals surface area (Å²) >= 11 is 0. The second kappa shape index (κ2) is 4.18. The third kappa shape index (κ3) is 2.28. The fraction of sp³-hybridized carbons (Fsp3) is 0.500. The Morgan fingerprint density at radius 2 is 1.88 bits per heavy atom. The summed E-state index contributed by atoms with van der Waals surface area (Å²) in [5, 5.41) is 0. The van der Waals surface area contributed by atoms with Crippen LogP contribution in [0.4, 0.5) is 0 Å². The van der Waals surface area contributed by atoms with E-state index in [-0.39, 0.29) is 11.8 Å². The molecule has 1 aromatic carbocycles. The van der Waals surface area contributed by atoms with Gasteiger partial charge in [-0.25, -0.2) is 8.42 Å². The molecule has 0 aliphatic heterocycles. The van der Waals surface area contributed by atoms with E-state index in [9.17, 15) is 8.42 Å². The first kappa shape index (κ1) is 11.6. The average Bonchev–Trinajstić information content (AvgIpc) is 3.12. The minimum absolute atomic E-state index is 0.0679. The molecule has 1 fully saturated rings. The van der Waals surface area contributed by atoms with Gasteiger partial charge in [-0.2, -0.15) is 0 Å². The second-order valence-corrected chi connectivity index (χ2v) is 6.61. The molecule has 2 rings (SSSR count). The zero-order valence-electron chi connectivity index (χ0n) is 9.39. The molecule has 0 heterocycles. The molecule has 1 saturated carbocycles. The van der Waals surface area contributed by atoms with Crippen LogP contribution in [0.3, 0.4) is 0 Å². The van der Waals surface area contributed by atoms with Crippen LogP contribution in [0, 0.1) is 5.92 Å². The fourth-order valence-corrected chi connectivity index (χ4v) is 2.68. The van der Waals surface area contributed by atoms with Crippen molar-refractivity contribution in [3.8, 4) is 0 Å². The van der Waals surface area contributed by atoms with Crippen LogP contribution in [0.5, 0.6) is 0 Å². The maximum atomic E-state index is 11.6. The predicted molar refractivity (Wildman–Crippen MR) is 63.8 cm³/mol. The molecule has 0 unspecified atom stereocenters. The van der Waals surface area contributed by atoms with Gasteiger partial charge in [-0.15, -0.1) is 0 Å². The molecule has 0 spiro atoms. The molecule has 3 nitrogen and oxygen atoms in total. The quantitative estimate of drug-likeness (QED) is 0.872. The molecule has 0 saturated heterocycles. The Bertz CT molecular complexity index is 460. The van der Waals surface area contributed by atoms with E-state index in [1.165, 1.54) is 12.8 Å². The molecular weight excluding hydrogens is 222 g/mol. The Kier molecular flexibility index (Phi) is 3.04. The van der Waals surface area contributed by atoms with Crippen LogP contribution < -0.4 is 5.73 Å². The number of hydrogen-bond acceptors (Lipinski definition) is 3. The van der Waals surface area contributed by atoms with Gasteiger partial charge < -0.3 is 5.73 Å². The topological polar surface area (TPSA) is 60.2 Å². The van der Waals surface area contributed by atoms with E-state index >= 15 is 0 Å². The number of rotatable bonds is 4. The highest BCUT2D eigenvalue weighted by Gasteiger charge is 2.29. The SMILES string of the molecule is CCS(=O)(=O)c1ccc([C@H](N)C2CC2)cc1. The van der Waals surface area contributed by atoms with E-state index in [0.29, 0.717) is 10.8 Å². The van der Waals surface area contributed by atoms with Gasteiger partial charge in [0.1, 0.15) is 0 Å². The van der Waals surface area contributed by atoms with E-state index in [4.69, 9.17) is 5.73 Å². The van der Waals surface area contributed by atoms with Gasteiger partial charge in [0.2, 0.25) is 0 Å². The highest BCUT2D eigenvalue weighted by molar-refractivity contribution is 7.91. The summed E-state index contributed by atoms with van der Waals surface area (Å²) in [6.45, 7) is 1.65. The molecule has 0 radical (unpaired) electrons. The Balaban J connectivity index is 2.22. The Hall–Kier alpha value is -0.870. The molecule has 16 heavy (non-hydrogen) atoms. The van der Waals surface area contributed by atoms with Crippen molar-refractivity contribution < 1.29 is 8.42 Å². The van der Waals surface area contributed by atoms with Crippen LogP contribution in [-0.4, -0.2) is 14.2 Å². The van der Waals surface area contributed by atoms with Crippen LogP contribution in [0.15, 0.2) is 29.2 Å². The standard InChI is InChI=1S/C12H17NO2S/c1-2-16(14,15)11-7-5-10(6-8-11)12(13)9-3-4-9/h5-9,12H,2-4,13H2,1H3/t12-/m1/s1. The normalized spacial score (nSPS) is 18.4. The van der Waals surface area contributed by atoms with Gasteiger partial charge in [0.25, 0.3) is 0 Å². The summed E-state index contributed by atoms with van der Waals surface area (Å²) in [5.41, 5.74) is 7.08. The maximum absolute atomic E-state index is 11.6. The zero-order chi connectivity index (χ0) is 11.8. The van der Waals surface area contributed by atoms with Crippen molar-refractivity contribution in [2.24, 2.45) is 11.7 Å². The van der Waals surface area contributed by atoms with Gasteiger partial charge in [0.15, 0.2) is 9.84 Å². The zero-order valence-corrected chi connectivity index (χ0v) is 10.2. The third-order valence-electron chi connectivity index (χ3n) is 3.13. The summed E-state index contributed by atoms with van der Waals surface area (Å²) in [4.78, 5) is 0.391. The number of nitrogens with two attached hydrogens (primary N) is 1. The van der Waals surface area contributed by atoms with Crippen molar-refractivity contribution >= 4 is 9.84 Å². The van der Waals surface area contributed by atoms with E-state index in [0.717, 1.165) is 5.56 Å². The van der Waals surface area contributed by atoms with E-state index < -0.39 is 9.84 Å². The summed E-state index contributed by atoms with van der Waals surface area (Å²) < 4.78 is 23.2. The highest BCUT2D eigenvalue weighted by Crippen LogP contribution is 2.39. The first-order chi connectivity index (χ1) is 7.54. The Labute approximate surface area is 96.6 Å². The smallest absolute Gasteiger partial charge is 0.178 e. The van der Waals surface area contributed by atoms with Crippen molar-refractivity contribution in [2.75, 3.05) is 5.75 Å². The van der Waals surface area contributed by atoms with Crippen molar-refractivity contribution in [3.63, 3.8) is 0 Å². The van der Waals surface area contributed by atoms with Crippen LogP contribution in [-0.2, 0) is 9.84 Å². The van der Waals surface area contributed by atoms with Crippen molar-refractivity contribution in [1.82, 2.24) is 0 Å². The molecule has 1 atom stereocenters. The van der Waals surface area contributed by atoms with Gasteiger partial charge in [-0.1, -0.05) is 19.1 Å². The van der Waals surface area contributed by atoms with Crippen LogP contribution in [0.2, 0.25) is 0 Å². The summed E-state index contributed by atoms with van der Waals surface area (Å²) in [6.07, 6.45) is 2.38. The molecule has 0 bridgehead atoms. The van der Waals surface area contributed by atoms with Gasteiger partial charge in [-0.05, 0) is 36.5 Å². The first-order valence-electron chi connectivity index (χ1n) is 5.63. The molecule has 1 aliphatic rings. The third-order valence-corrected chi connectivity index (χ3v) is 4.88. The molecule has 88 valence electrons. The Morgan fingerprint density at radius 1 is 1.31 bits per heavy atom. The lowest BCUT2D eigenvalue weighted by molar-refractivity contribution is 0.596. The van der Waals surface area contributed by atoms with Gasteiger partial charge >= 0.3 is 0 Å². The maximum Gasteiger partial charge on any atom is 0.178 e. The molecule has 1 aliphatic carbocycles. The molecule has 1 aromatic rings. The van der Waals surface area contributed by atoms with Gasteiger partial charge in [0, 0.05) is 6.04 Å². The van der Waals surface area contributed by atoms with Crippen molar-refractivity contribution in [2.45, 2.75) is 30.7 Å². The largest absolute Gasteiger partial charge is 0.324 e. The molecule has 4 heteroatoms. The van der Waals surface area contributed by atoms with E-state index in [2.05, 4.69) is 0 Å². The fourth-order valence-electron chi connectivity index (χ4n) is 1.79. The lowest BCUT2D eigenvalue weighted by Gasteiger charge is -2.11. The molecule has 0 aromatic heterocycles. The highest BCUT2D eigenvalue weighted by atomic mass is 32.2. The number of benzene rings is 1. The monoisotopic (exact) mass is 239 g/mol. The number of sulfone groups is 1.